The van der Waals surface area contributed by atoms with Crippen molar-refractivity contribution in [1.82, 2.24) is 10.6 Å². The molecule has 0 aromatic heterocycles. The number of guanidine groups is 1. The number of benzene rings is 2. The maximum atomic E-state index is 12.6. The number of carbonyl (C=O) groups excluding carboxylic acids is 1. The SMILES string of the molecule is CCNC(=NCc1ccc(OC)cc1)NCCCC(=O)N1CCc2ccccc21. The Bertz CT molecular complexity index is 833. The summed E-state index contributed by atoms with van der Waals surface area (Å²) < 4.78 is 5.18. The summed E-state index contributed by atoms with van der Waals surface area (Å²) in [5.41, 5.74) is 3.45. The summed E-state index contributed by atoms with van der Waals surface area (Å²) in [5, 5.41) is 6.57. The third-order valence-electron chi connectivity index (χ3n) is 4.97. The summed E-state index contributed by atoms with van der Waals surface area (Å²) in [6.07, 6.45) is 2.24. The fraction of sp³-hybridized carbons (Fsp3) is 0.391. The molecule has 3 rings (SSSR count). The van der Waals surface area contributed by atoms with Crippen molar-refractivity contribution < 1.29 is 9.53 Å². The number of fused-ring (bicyclic) bond motifs is 1. The second-order valence-electron chi connectivity index (χ2n) is 7.00. The molecule has 1 aliphatic rings. The van der Waals surface area contributed by atoms with E-state index < -0.39 is 0 Å². The average Bonchev–Trinajstić information content (AvgIpc) is 3.19. The molecule has 2 aromatic rings. The van der Waals surface area contributed by atoms with Gasteiger partial charge >= 0.3 is 0 Å². The predicted molar refractivity (Wildman–Crippen MR) is 118 cm³/mol. The van der Waals surface area contributed by atoms with Crippen molar-refractivity contribution in [3.8, 4) is 5.75 Å². The van der Waals surface area contributed by atoms with Crippen molar-refractivity contribution in [2.24, 2.45) is 4.99 Å². The number of ether oxygens (including phenoxy) is 1. The molecule has 154 valence electrons. The first-order chi connectivity index (χ1) is 14.2. The van der Waals surface area contributed by atoms with Crippen LogP contribution in [-0.2, 0) is 17.8 Å². The summed E-state index contributed by atoms with van der Waals surface area (Å²) >= 11 is 0. The highest BCUT2D eigenvalue weighted by Gasteiger charge is 2.23. The van der Waals surface area contributed by atoms with Gasteiger partial charge in [0.25, 0.3) is 0 Å². The summed E-state index contributed by atoms with van der Waals surface area (Å²) in [6, 6.07) is 16.1. The molecule has 2 N–H and O–H groups in total. The third kappa shape index (κ3) is 5.73. The van der Waals surface area contributed by atoms with Gasteiger partial charge in [-0.15, -0.1) is 0 Å². The van der Waals surface area contributed by atoms with E-state index in [9.17, 15) is 4.79 Å². The van der Waals surface area contributed by atoms with Gasteiger partial charge in [-0.05, 0) is 49.1 Å². The molecule has 0 atom stereocenters. The van der Waals surface area contributed by atoms with Crippen molar-refractivity contribution in [3.05, 3.63) is 59.7 Å². The number of para-hydroxylation sites is 1. The summed E-state index contributed by atoms with van der Waals surface area (Å²) in [7, 11) is 1.66. The molecule has 0 unspecified atom stereocenters. The lowest BCUT2D eigenvalue weighted by Crippen LogP contribution is -2.38. The minimum absolute atomic E-state index is 0.192. The van der Waals surface area contributed by atoms with Crippen LogP contribution < -0.4 is 20.3 Å². The van der Waals surface area contributed by atoms with E-state index in [1.54, 1.807) is 7.11 Å². The van der Waals surface area contributed by atoms with E-state index in [4.69, 9.17) is 4.74 Å². The van der Waals surface area contributed by atoms with Crippen LogP contribution in [0.3, 0.4) is 0 Å². The van der Waals surface area contributed by atoms with Gasteiger partial charge in [-0.3, -0.25) is 4.79 Å². The Kier molecular flexibility index (Phi) is 7.50. The molecular formula is C23H30N4O2. The number of hydrogen-bond donors (Lipinski definition) is 2. The molecule has 6 nitrogen and oxygen atoms in total. The van der Waals surface area contributed by atoms with Crippen molar-refractivity contribution in [3.63, 3.8) is 0 Å². The Morgan fingerprint density at radius 1 is 1.14 bits per heavy atom. The van der Waals surface area contributed by atoms with Gasteiger partial charge in [0.15, 0.2) is 5.96 Å². The number of aliphatic imine (C=N–C) groups is 1. The van der Waals surface area contributed by atoms with Crippen LogP contribution in [-0.4, -0.2) is 38.6 Å². The normalized spacial score (nSPS) is 13.2. The molecule has 29 heavy (non-hydrogen) atoms. The standard InChI is InChI=1S/C23H30N4O2/c1-3-24-23(26-17-18-10-12-20(29-2)13-11-18)25-15-6-9-22(28)27-16-14-19-7-4-5-8-21(19)27/h4-5,7-8,10-13H,3,6,9,14-17H2,1-2H3,(H2,24,25,26). The highest BCUT2D eigenvalue weighted by Crippen LogP contribution is 2.27. The first-order valence-electron chi connectivity index (χ1n) is 10.2. The number of nitrogens with zero attached hydrogens (tertiary/aromatic N) is 2. The maximum absolute atomic E-state index is 12.6. The van der Waals surface area contributed by atoms with Crippen molar-refractivity contribution in [2.75, 3.05) is 31.6 Å². The van der Waals surface area contributed by atoms with Gasteiger partial charge < -0.3 is 20.3 Å². The Hall–Kier alpha value is -3.02. The van der Waals surface area contributed by atoms with Crippen LogP contribution in [0, 0.1) is 0 Å². The topological polar surface area (TPSA) is 66.0 Å². The van der Waals surface area contributed by atoms with Gasteiger partial charge in [-0.25, -0.2) is 4.99 Å². The van der Waals surface area contributed by atoms with E-state index in [0.717, 1.165) is 48.9 Å². The molecule has 0 saturated heterocycles. The van der Waals surface area contributed by atoms with E-state index in [1.165, 1.54) is 5.56 Å². The zero-order chi connectivity index (χ0) is 20.5. The molecule has 1 aliphatic heterocycles. The summed E-state index contributed by atoms with van der Waals surface area (Å²) in [5.74, 6) is 1.80. The van der Waals surface area contributed by atoms with Gasteiger partial charge in [0.2, 0.25) is 5.91 Å². The number of hydrogen-bond acceptors (Lipinski definition) is 3. The molecule has 0 bridgehead atoms. The fourth-order valence-electron chi connectivity index (χ4n) is 3.42. The van der Waals surface area contributed by atoms with Crippen molar-refractivity contribution >= 4 is 17.6 Å². The number of methoxy groups -OCH3 is 1. The second-order valence-corrected chi connectivity index (χ2v) is 7.00. The molecule has 0 saturated carbocycles. The molecule has 0 radical (unpaired) electrons. The van der Waals surface area contributed by atoms with Crippen LogP contribution in [0.5, 0.6) is 5.75 Å². The number of anilines is 1. The maximum Gasteiger partial charge on any atom is 0.227 e. The predicted octanol–water partition coefficient (Wildman–Crippen LogP) is 3.12. The first kappa shape index (κ1) is 20.7. The molecule has 0 aliphatic carbocycles. The smallest absolute Gasteiger partial charge is 0.227 e. The Balaban J connectivity index is 1.45. The Morgan fingerprint density at radius 3 is 2.69 bits per heavy atom. The van der Waals surface area contributed by atoms with Gasteiger partial charge in [0.05, 0.1) is 13.7 Å². The van der Waals surface area contributed by atoms with Crippen LogP contribution in [0.15, 0.2) is 53.5 Å². The Morgan fingerprint density at radius 2 is 1.93 bits per heavy atom. The van der Waals surface area contributed by atoms with Crippen molar-refractivity contribution in [1.29, 1.82) is 0 Å². The lowest BCUT2D eigenvalue weighted by molar-refractivity contribution is -0.118. The van der Waals surface area contributed by atoms with E-state index in [2.05, 4.69) is 21.7 Å². The van der Waals surface area contributed by atoms with Crippen LogP contribution in [0.25, 0.3) is 0 Å². The van der Waals surface area contributed by atoms with E-state index >= 15 is 0 Å². The number of carbonyl (C=O) groups is 1. The van der Waals surface area contributed by atoms with Gasteiger partial charge in [-0.1, -0.05) is 30.3 Å². The number of rotatable bonds is 8. The average molecular weight is 395 g/mol. The highest BCUT2D eigenvalue weighted by molar-refractivity contribution is 5.95. The van der Waals surface area contributed by atoms with Crippen LogP contribution in [0.1, 0.15) is 30.9 Å². The molecule has 0 spiro atoms. The van der Waals surface area contributed by atoms with E-state index in [-0.39, 0.29) is 5.91 Å². The Labute approximate surface area is 173 Å². The molecule has 0 fully saturated rings. The molecule has 1 heterocycles. The number of amides is 1. The summed E-state index contributed by atoms with van der Waals surface area (Å²) in [6.45, 7) is 4.91. The van der Waals surface area contributed by atoms with Crippen LogP contribution >= 0.6 is 0 Å². The van der Waals surface area contributed by atoms with Crippen LogP contribution in [0.4, 0.5) is 5.69 Å². The van der Waals surface area contributed by atoms with E-state index in [0.29, 0.717) is 19.5 Å². The van der Waals surface area contributed by atoms with Crippen LogP contribution in [0.2, 0.25) is 0 Å². The lowest BCUT2D eigenvalue weighted by atomic mass is 10.2. The molecular weight excluding hydrogens is 364 g/mol. The lowest BCUT2D eigenvalue weighted by Gasteiger charge is -2.17. The highest BCUT2D eigenvalue weighted by atomic mass is 16.5. The molecule has 2 aromatic carbocycles. The zero-order valence-electron chi connectivity index (χ0n) is 17.3. The monoisotopic (exact) mass is 394 g/mol. The first-order valence-corrected chi connectivity index (χ1v) is 10.2. The van der Waals surface area contributed by atoms with Gasteiger partial charge in [0.1, 0.15) is 5.75 Å². The zero-order valence-corrected chi connectivity index (χ0v) is 17.3. The minimum Gasteiger partial charge on any atom is -0.497 e. The minimum atomic E-state index is 0.192. The summed E-state index contributed by atoms with van der Waals surface area (Å²) in [4.78, 5) is 19.1. The van der Waals surface area contributed by atoms with Gasteiger partial charge in [-0.2, -0.15) is 0 Å². The van der Waals surface area contributed by atoms with Crippen molar-refractivity contribution in [2.45, 2.75) is 32.7 Å². The largest absolute Gasteiger partial charge is 0.497 e. The molecule has 6 heteroatoms. The van der Waals surface area contributed by atoms with E-state index in [1.807, 2.05) is 54.3 Å². The molecule has 1 amide bonds. The second kappa shape index (κ2) is 10.5. The fourth-order valence-corrected chi connectivity index (χ4v) is 3.42. The number of nitrogens with one attached hydrogen (secondary N) is 2. The van der Waals surface area contributed by atoms with Gasteiger partial charge in [0, 0.05) is 31.7 Å². The third-order valence-corrected chi connectivity index (χ3v) is 4.97. The quantitative estimate of drug-likeness (QED) is 0.410.